The highest BCUT2D eigenvalue weighted by Crippen LogP contribution is 2.18. The Morgan fingerprint density at radius 1 is 1.33 bits per heavy atom. The number of furan rings is 1. The van der Waals surface area contributed by atoms with E-state index in [0.717, 1.165) is 5.39 Å². The molecule has 1 amide bonds. The molecule has 0 fully saturated rings. The lowest BCUT2D eigenvalue weighted by Crippen LogP contribution is -2.27. The Balaban J connectivity index is 1.88. The topological polar surface area (TPSA) is 51.5 Å². The molecule has 5 heteroatoms. The van der Waals surface area contributed by atoms with Crippen molar-refractivity contribution in [2.75, 3.05) is 25.6 Å². The van der Waals surface area contributed by atoms with Crippen LogP contribution in [-0.2, 0) is 4.74 Å². The molecule has 1 N–H and O–H groups in total. The number of rotatable bonds is 6. The molecule has 0 aliphatic carbocycles. The second-order valence-corrected chi connectivity index (χ2v) is 4.08. The van der Waals surface area contributed by atoms with Crippen LogP contribution >= 0.6 is 11.6 Å². The number of carbonyl (C=O) groups excluding carboxylic acids is 1. The number of fused-ring (bicyclic) bond motifs is 1. The van der Waals surface area contributed by atoms with Crippen LogP contribution in [0.25, 0.3) is 11.0 Å². The third-order valence-electron chi connectivity index (χ3n) is 2.40. The van der Waals surface area contributed by atoms with E-state index in [1.807, 2.05) is 24.3 Å². The van der Waals surface area contributed by atoms with Crippen molar-refractivity contribution in [2.45, 2.75) is 0 Å². The summed E-state index contributed by atoms with van der Waals surface area (Å²) < 4.78 is 10.6. The SMILES string of the molecule is O=C(NCCOCCCl)c1cc2ccccc2o1. The lowest BCUT2D eigenvalue weighted by atomic mass is 10.2. The van der Waals surface area contributed by atoms with Gasteiger partial charge in [0.05, 0.1) is 13.2 Å². The first-order valence-corrected chi connectivity index (χ1v) is 6.25. The number of benzene rings is 1. The van der Waals surface area contributed by atoms with Crippen molar-refractivity contribution >= 4 is 28.5 Å². The average Bonchev–Trinajstić information content (AvgIpc) is 2.82. The highest BCUT2D eigenvalue weighted by molar-refractivity contribution is 6.17. The maximum absolute atomic E-state index is 11.8. The molecular weight excluding hydrogens is 254 g/mol. The fourth-order valence-corrected chi connectivity index (χ4v) is 1.68. The van der Waals surface area contributed by atoms with Gasteiger partial charge in [0.1, 0.15) is 5.58 Å². The summed E-state index contributed by atoms with van der Waals surface area (Å²) in [5, 5.41) is 3.64. The summed E-state index contributed by atoms with van der Waals surface area (Å²) in [4.78, 5) is 11.8. The van der Waals surface area contributed by atoms with Gasteiger partial charge in [0, 0.05) is 17.8 Å². The van der Waals surface area contributed by atoms with Gasteiger partial charge >= 0.3 is 0 Å². The molecule has 0 spiro atoms. The largest absolute Gasteiger partial charge is 0.451 e. The Kier molecular flexibility index (Phi) is 4.61. The summed E-state index contributed by atoms with van der Waals surface area (Å²) in [7, 11) is 0. The lowest BCUT2D eigenvalue weighted by Gasteiger charge is -2.03. The predicted octanol–water partition coefficient (Wildman–Crippen LogP) is 2.42. The van der Waals surface area contributed by atoms with Crippen molar-refractivity contribution in [1.82, 2.24) is 5.32 Å². The van der Waals surface area contributed by atoms with E-state index in [2.05, 4.69) is 5.32 Å². The van der Waals surface area contributed by atoms with E-state index in [-0.39, 0.29) is 5.91 Å². The first-order valence-electron chi connectivity index (χ1n) is 5.72. The number of ether oxygens (including phenoxy) is 1. The zero-order chi connectivity index (χ0) is 12.8. The fraction of sp³-hybridized carbons (Fsp3) is 0.308. The van der Waals surface area contributed by atoms with E-state index in [4.69, 9.17) is 20.8 Å². The molecule has 0 atom stereocenters. The van der Waals surface area contributed by atoms with Gasteiger partial charge in [-0.05, 0) is 12.1 Å². The van der Waals surface area contributed by atoms with E-state index in [1.165, 1.54) is 0 Å². The summed E-state index contributed by atoms with van der Waals surface area (Å²) in [6.45, 7) is 1.37. The highest BCUT2D eigenvalue weighted by atomic mass is 35.5. The molecule has 2 aromatic rings. The summed E-state index contributed by atoms with van der Waals surface area (Å²) >= 11 is 5.46. The van der Waals surface area contributed by atoms with Crippen LogP contribution in [-0.4, -0.2) is 31.5 Å². The minimum atomic E-state index is -0.235. The molecule has 1 aromatic heterocycles. The molecule has 0 radical (unpaired) electrons. The van der Waals surface area contributed by atoms with E-state index in [9.17, 15) is 4.79 Å². The predicted molar refractivity (Wildman–Crippen MR) is 70.1 cm³/mol. The zero-order valence-corrected chi connectivity index (χ0v) is 10.6. The molecule has 1 aromatic carbocycles. The lowest BCUT2D eigenvalue weighted by molar-refractivity contribution is 0.0898. The van der Waals surface area contributed by atoms with Crippen LogP contribution in [0.5, 0.6) is 0 Å². The first-order chi connectivity index (χ1) is 8.81. The average molecular weight is 268 g/mol. The molecule has 0 aliphatic heterocycles. The Morgan fingerprint density at radius 3 is 2.94 bits per heavy atom. The molecule has 1 heterocycles. The van der Waals surface area contributed by atoms with E-state index < -0.39 is 0 Å². The van der Waals surface area contributed by atoms with Crippen LogP contribution < -0.4 is 5.32 Å². The van der Waals surface area contributed by atoms with Gasteiger partial charge in [0.15, 0.2) is 5.76 Å². The minimum absolute atomic E-state index is 0.235. The number of carbonyl (C=O) groups is 1. The van der Waals surface area contributed by atoms with Gasteiger partial charge in [-0.1, -0.05) is 18.2 Å². The van der Waals surface area contributed by atoms with Gasteiger partial charge in [-0.2, -0.15) is 0 Å². The van der Waals surface area contributed by atoms with Gasteiger partial charge in [0.25, 0.3) is 5.91 Å². The number of para-hydroxylation sites is 1. The van der Waals surface area contributed by atoms with E-state index in [1.54, 1.807) is 6.07 Å². The summed E-state index contributed by atoms with van der Waals surface area (Å²) in [5.74, 6) is 0.534. The van der Waals surface area contributed by atoms with Gasteiger partial charge in [-0.15, -0.1) is 11.6 Å². The van der Waals surface area contributed by atoms with Crippen molar-refractivity contribution in [3.05, 3.63) is 36.1 Å². The maximum Gasteiger partial charge on any atom is 0.287 e. The number of hydrogen-bond donors (Lipinski definition) is 1. The van der Waals surface area contributed by atoms with Crippen LogP contribution in [0.1, 0.15) is 10.6 Å². The number of alkyl halides is 1. The number of amides is 1. The molecule has 0 aliphatic rings. The highest BCUT2D eigenvalue weighted by Gasteiger charge is 2.10. The molecule has 0 saturated heterocycles. The van der Waals surface area contributed by atoms with E-state index in [0.29, 0.717) is 37.0 Å². The van der Waals surface area contributed by atoms with Crippen molar-refractivity contribution in [1.29, 1.82) is 0 Å². The van der Waals surface area contributed by atoms with Crippen molar-refractivity contribution < 1.29 is 13.9 Å². The molecule has 2 rings (SSSR count). The standard InChI is InChI=1S/C13H14ClNO3/c14-5-7-17-8-6-15-13(16)12-9-10-3-1-2-4-11(10)18-12/h1-4,9H,5-8H2,(H,15,16). The molecule has 0 bridgehead atoms. The maximum atomic E-state index is 11.8. The third-order valence-corrected chi connectivity index (χ3v) is 2.56. The molecule has 96 valence electrons. The third kappa shape index (κ3) is 3.24. The van der Waals surface area contributed by atoms with E-state index >= 15 is 0 Å². The van der Waals surface area contributed by atoms with Crippen LogP contribution in [0.3, 0.4) is 0 Å². The van der Waals surface area contributed by atoms with Crippen LogP contribution in [0.2, 0.25) is 0 Å². The van der Waals surface area contributed by atoms with Crippen LogP contribution in [0.4, 0.5) is 0 Å². The summed E-state index contributed by atoms with van der Waals surface area (Å²) in [6, 6.07) is 9.23. The van der Waals surface area contributed by atoms with Crippen molar-refractivity contribution in [3.63, 3.8) is 0 Å². The number of hydrogen-bond acceptors (Lipinski definition) is 3. The Labute approximate surface area is 110 Å². The van der Waals surface area contributed by atoms with Gasteiger partial charge in [-0.25, -0.2) is 0 Å². The molecular formula is C13H14ClNO3. The number of halogens is 1. The van der Waals surface area contributed by atoms with Crippen molar-refractivity contribution in [2.24, 2.45) is 0 Å². The fourth-order valence-electron chi connectivity index (χ4n) is 1.57. The van der Waals surface area contributed by atoms with Gasteiger partial charge < -0.3 is 14.5 Å². The van der Waals surface area contributed by atoms with Crippen LogP contribution in [0.15, 0.2) is 34.7 Å². The first kappa shape index (κ1) is 12.9. The summed E-state index contributed by atoms with van der Waals surface area (Å²) in [5.41, 5.74) is 0.709. The second-order valence-electron chi connectivity index (χ2n) is 3.71. The normalized spacial score (nSPS) is 10.7. The Hall–Kier alpha value is -1.52. The second kappa shape index (κ2) is 6.42. The quantitative estimate of drug-likeness (QED) is 0.646. The van der Waals surface area contributed by atoms with Gasteiger partial charge in [-0.3, -0.25) is 4.79 Å². The minimum Gasteiger partial charge on any atom is -0.451 e. The molecule has 0 saturated carbocycles. The Bertz CT molecular complexity index is 491. The Morgan fingerprint density at radius 2 is 2.17 bits per heavy atom. The van der Waals surface area contributed by atoms with Gasteiger partial charge in [0.2, 0.25) is 0 Å². The summed E-state index contributed by atoms with van der Waals surface area (Å²) in [6.07, 6.45) is 0. The van der Waals surface area contributed by atoms with Crippen LogP contribution in [0, 0.1) is 0 Å². The van der Waals surface area contributed by atoms with Crippen molar-refractivity contribution in [3.8, 4) is 0 Å². The zero-order valence-electron chi connectivity index (χ0n) is 9.82. The molecule has 18 heavy (non-hydrogen) atoms. The molecule has 0 unspecified atom stereocenters. The monoisotopic (exact) mass is 267 g/mol. The number of nitrogens with one attached hydrogen (secondary N) is 1. The smallest absolute Gasteiger partial charge is 0.287 e. The molecule has 4 nitrogen and oxygen atoms in total.